The van der Waals surface area contributed by atoms with Crippen molar-refractivity contribution in [1.82, 2.24) is 4.98 Å². The number of rotatable bonds is 4. The first-order chi connectivity index (χ1) is 9.63. The lowest BCUT2D eigenvalue weighted by molar-refractivity contribution is 0.102. The number of pyridine rings is 1. The van der Waals surface area contributed by atoms with Crippen LogP contribution in [0.25, 0.3) is 0 Å². The van der Waals surface area contributed by atoms with Crippen LogP contribution in [0.5, 0.6) is 5.88 Å². The number of nitrogen functional groups attached to an aromatic ring is 1. The van der Waals surface area contributed by atoms with E-state index in [-0.39, 0.29) is 6.10 Å². The molecule has 0 spiro atoms. The van der Waals surface area contributed by atoms with E-state index in [1.54, 1.807) is 0 Å². The zero-order chi connectivity index (χ0) is 14.1. The predicted octanol–water partition coefficient (Wildman–Crippen LogP) is 1.66. The zero-order valence-corrected chi connectivity index (χ0v) is 12.0. The highest BCUT2D eigenvalue weighted by Gasteiger charge is 2.26. The summed E-state index contributed by atoms with van der Waals surface area (Å²) in [6.07, 6.45) is 3.18. The molecule has 20 heavy (non-hydrogen) atoms. The molecule has 0 aromatic carbocycles. The lowest BCUT2D eigenvalue weighted by Crippen LogP contribution is -2.43. The maximum atomic E-state index is 9.99. The normalized spacial score (nSPS) is 26.6. The van der Waals surface area contributed by atoms with Gasteiger partial charge in [-0.05, 0) is 43.2 Å². The lowest BCUT2D eigenvalue weighted by atomic mass is 9.96. The first-order valence-electron chi connectivity index (χ1n) is 7.46. The van der Waals surface area contributed by atoms with Crippen molar-refractivity contribution >= 4 is 11.5 Å². The van der Waals surface area contributed by atoms with Gasteiger partial charge in [-0.1, -0.05) is 6.92 Å². The highest BCUT2D eigenvalue weighted by Crippen LogP contribution is 2.31. The maximum Gasteiger partial charge on any atom is 0.239 e. The van der Waals surface area contributed by atoms with Crippen LogP contribution < -0.4 is 15.4 Å². The number of hydrogen-bond acceptors (Lipinski definition) is 5. The van der Waals surface area contributed by atoms with Crippen molar-refractivity contribution in [3.8, 4) is 5.88 Å². The number of piperidine rings is 1. The van der Waals surface area contributed by atoms with Gasteiger partial charge in [-0.25, -0.2) is 0 Å². The molecule has 1 saturated heterocycles. The second kappa shape index (κ2) is 5.48. The van der Waals surface area contributed by atoms with Gasteiger partial charge in [-0.15, -0.1) is 0 Å². The summed E-state index contributed by atoms with van der Waals surface area (Å²) in [6.45, 7) is 4.33. The molecular weight excluding hydrogens is 254 g/mol. The minimum Gasteiger partial charge on any atom is -0.476 e. The Hall–Kier alpha value is -1.49. The van der Waals surface area contributed by atoms with E-state index in [0.29, 0.717) is 36.6 Å². The van der Waals surface area contributed by atoms with E-state index in [1.807, 2.05) is 12.1 Å². The molecule has 3 N–H and O–H groups in total. The molecule has 1 aromatic heterocycles. The van der Waals surface area contributed by atoms with Gasteiger partial charge in [0.2, 0.25) is 5.88 Å². The smallest absolute Gasteiger partial charge is 0.239 e. The third-order valence-electron chi connectivity index (χ3n) is 4.27. The Balaban J connectivity index is 1.70. The van der Waals surface area contributed by atoms with Gasteiger partial charge >= 0.3 is 0 Å². The molecule has 3 rings (SSSR count). The van der Waals surface area contributed by atoms with Crippen molar-refractivity contribution < 1.29 is 9.84 Å². The largest absolute Gasteiger partial charge is 0.476 e. The van der Waals surface area contributed by atoms with E-state index < -0.39 is 0 Å². The number of anilines is 2. The van der Waals surface area contributed by atoms with Crippen LogP contribution in [0.3, 0.4) is 0 Å². The number of aliphatic hydroxyl groups is 1. The first kappa shape index (κ1) is 13.5. The fourth-order valence-electron chi connectivity index (χ4n) is 2.47. The highest BCUT2D eigenvalue weighted by atomic mass is 16.5. The number of aliphatic hydroxyl groups excluding tert-OH is 1. The number of hydrogen-bond donors (Lipinski definition) is 2. The van der Waals surface area contributed by atoms with E-state index >= 15 is 0 Å². The van der Waals surface area contributed by atoms with Crippen LogP contribution in [0.15, 0.2) is 12.1 Å². The van der Waals surface area contributed by atoms with Gasteiger partial charge in [-0.2, -0.15) is 4.98 Å². The molecule has 1 saturated carbocycles. The molecule has 110 valence electrons. The lowest BCUT2D eigenvalue weighted by Gasteiger charge is -2.35. The topological polar surface area (TPSA) is 71.6 Å². The maximum absolute atomic E-state index is 9.99. The fraction of sp³-hybridized carbons (Fsp3) is 0.667. The Morgan fingerprint density at radius 1 is 1.40 bits per heavy atom. The molecule has 5 nitrogen and oxygen atoms in total. The van der Waals surface area contributed by atoms with Crippen LogP contribution in [-0.2, 0) is 0 Å². The van der Waals surface area contributed by atoms with Crippen molar-refractivity contribution in [3.63, 3.8) is 0 Å². The SMILES string of the molecule is CC1CCN(c2ccc(N)c(OCC3CC3)n2)CC1O. The Bertz CT molecular complexity index is 476. The Kier molecular flexibility index (Phi) is 3.70. The molecule has 0 amide bonds. The second-order valence-corrected chi connectivity index (χ2v) is 6.10. The van der Waals surface area contributed by atoms with Crippen LogP contribution in [0.4, 0.5) is 11.5 Å². The predicted molar refractivity (Wildman–Crippen MR) is 78.9 cm³/mol. The van der Waals surface area contributed by atoms with Gasteiger partial charge in [0.15, 0.2) is 0 Å². The van der Waals surface area contributed by atoms with Gasteiger partial charge in [-0.3, -0.25) is 0 Å². The quantitative estimate of drug-likeness (QED) is 0.875. The number of ether oxygens (including phenoxy) is 1. The molecule has 2 aliphatic rings. The molecule has 0 radical (unpaired) electrons. The number of nitrogens with zero attached hydrogens (tertiary/aromatic N) is 2. The molecule has 2 unspecified atom stereocenters. The highest BCUT2D eigenvalue weighted by molar-refractivity contribution is 5.54. The molecule has 1 aliphatic carbocycles. The third-order valence-corrected chi connectivity index (χ3v) is 4.27. The van der Waals surface area contributed by atoms with E-state index in [0.717, 1.165) is 18.8 Å². The second-order valence-electron chi connectivity index (χ2n) is 6.10. The van der Waals surface area contributed by atoms with Crippen LogP contribution in [0.2, 0.25) is 0 Å². The first-order valence-corrected chi connectivity index (χ1v) is 7.46. The Morgan fingerprint density at radius 3 is 2.90 bits per heavy atom. The van der Waals surface area contributed by atoms with Crippen molar-refractivity contribution in [2.24, 2.45) is 11.8 Å². The molecule has 1 aromatic rings. The van der Waals surface area contributed by atoms with Gasteiger partial charge in [0.25, 0.3) is 0 Å². The van der Waals surface area contributed by atoms with Gasteiger partial charge in [0.1, 0.15) is 5.82 Å². The fourth-order valence-corrected chi connectivity index (χ4v) is 2.47. The molecule has 2 atom stereocenters. The summed E-state index contributed by atoms with van der Waals surface area (Å²) in [5.74, 6) is 2.40. The number of β-amino-alcohol motifs (C(OH)–C–C–N with tert-alkyl or cyclic N) is 1. The van der Waals surface area contributed by atoms with Gasteiger partial charge in [0.05, 0.1) is 18.4 Å². The minimum absolute atomic E-state index is 0.293. The van der Waals surface area contributed by atoms with Crippen LogP contribution in [0, 0.1) is 11.8 Å². The Labute approximate surface area is 119 Å². The average Bonchev–Trinajstić information content (AvgIpc) is 3.25. The van der Waals surface area contributed by atoms with E-state index in [1.165, 1.54) is 12.8 Å². The Morgan fingerprint density at radius 2 is 2.20 bits per heavy atom. The van der Waals surface area contributed by atoms with Crippen molar-refractivity contribution in [2.75, 3.05) is 30.3 Å². The standard InChI is InChI=1S/C15H23N3O2/c1-10-6-7-18(8-13(10)19)14-5-4-12(16)15(17-14)20-9-11-2-3-11/h4-5,10-11,13,19H,2-3,6-9,16H2,1H3. The van der Waals surface area contributed by atoms with Crippen LogP contribution in [0.1, 0.15) is 26.2 Å². The van der Waals surface area contributed by atoms with Crippen molar-refractivity contribution in [1.29, 1.82) is 0 Å². The summed E-state index contributed by atoms with van der Waals surface area (Å²) in [7, 11) is 0. The average molecular weight is 277 g/mol. The molecule has 5 heteroatoms. The molecular formula is C15H23N3O2. The number of nitrogens with two attached hydrogens (primary N) is 1. The van der Waals surface area contributed by atoms with Crippen molar-refractivity contribution in [3.05, 3.63) is 12.1 Å². The van der Waals surface area contributed by atoms with Crippen LogP contribution in [-0.4, -0.2) is 35.9 Å². The van der Waals surface area contributed by atoms with Crippen LogP contribution >= 0.6 is 0 Å². The number of aromatic nitrogens is 1. The van der Waals surface area contributed by atoms with Gasteiger partial charge in [0, 0.05) is 13.1 Å². The summed E-state index contributed by atoms with van der Waals surface area (Å²) < 4.78 is 5.71. The third kappa shape index (κ3) is 2.98. The van der Waals surface area contributed by atoms with Gasteiger partial charge < -0.3 is 20.5 Å². The van der Waals surface area contributed by atoms with E-state index in [4.69, 9.17) is 10.5 Å². The summed E-state index contributed by atoms with van der Waals surface area (Å²) in [5, 5.41) is 9.99. The summed E-state index contributed by atoms with van der Waals surface area (Å²) >= 11 is 0. The molecule has 2 fully saturated rings. The molecule has 2 heterocycles. The van der Waals surface area contributed by atoms with Crippen molar-refractivity contribution in [2.45, 2.75) is 32.3 Å². The summed E-state index contributed by atoms with van der Waals surface area (Å²) in [5.41, 5.74) is 6.50. The van der Waals surface area contributed by atoms with E-state index in [9.17, 15) is 5.11 Å². The molecule has 1 aliphatic heterocycles. The summed E-state index contributed by atoms with van der Waals surface area (Å²) in [4.78, 5) is 6.63. The monoisotopic (exact) mass is 277 g/mol. The molecule has 0 bridgehead atoms. The zero-order valence-electron chi connectivity index (χ0n) is 12.0. The van der Waals surface area contributed by atoms with E-state index in [2.05, 4.69) is 16.8 Å². The minimum atomic E-state index is -0.293. The summed E-state index contributed by atoms with van der Waals surface area (Å²) in [6, 6.07) is 3.75.